The third kappa shape index (κ3) is 2.50. The van der Waals surface area contributed by atoms with Gasteiger partial charge < -0.3 is 14.2 Å². The van der Waals surface area contributed by atoms with E-state index >= 15 is 0 Å². The van der Waals surface area contributed by atoms with Gasteiger partial charge in [-0.15, -0.1) is 0 Å². The van der Waals surface area contributed by atoms with Crippen LogP contribution < -0.4 is 0 Å². The molecule has 0 aromatic heterocycles. The molecule has 0 radical (unpaired) electrons. The number of nitrogens with zero attached hydrogens (tertiary/aromatic N) is 1. The number of ether oxygens (including phenoxy) is 3. The van der Waals surface area contributed by atoms with E-state index in [9.17, 15) is 0 Å². The summed E-state index contributed by atoms with van der Waals surface area (Å²) in [5.41, 5.74) is 0. The fraction of sp³-hybridized carbons (Fsp3) is 1.00. The molecule has 88 valence electrons. The third-order valence-electron chi connectivity index (χ3n) is 3.29. The van der Waals surface area contributed by atoms with Crippen LogP contribution in [0.5, 0.6) is 0 Å². The lowest BCUT2D eigenvalue weighted by Crippen LogP contribution is -2.52. The molecule has 0 bridgehead atoms. The third-order valence-corrected chi connectivity index (χ3v) is 3.29. The van der Waals surface area contributed by atoms with Crippen LogP contribution in [0, 0.1) is 0 Å². The molecule has 2 aliphatic heterocycles. The highest BCUT2D eigenvalue weighted by atomic mass is 16.7. The summed E-state index contributed by atoms with van der Waals surface area (Å²) in [4.78, 5) is 2.40. The molecular formula is C11H21NO3. The molecule has 2 aliphatic rings. The van der Waals surface area contributed by atoms with Gasteiger partial charge in [-0.3, -0.25) is 4.90 Å². The van der Waals surface area contributed by atoms with Gasteiger partial charge in [-0.2, -0.15) is 0 Å². The van der Waals surface area contributed by atoms with Gasteiger partial charge in [0.2, 0.25) is 0 Å². The van der Waals surface area contributed by atoms with E-state index in [1.54, 1.807) is 7.11 Å². The molecule has 0 saturated carbocycles. The second-order valence-electron chi connectivity index (χ2n) is 4.49. The second kappa shape index (κ2) is 4.78. The van der Waals surface area contributed by atoms with Crippen LogP contribution in [0.15, 0.2) is 0 Å². The van der Waals surface area contributed by atoms with Crippen LogP contribution in [0.2, 0.25) is 0 Å². The maximum absolute atomic E-state index is 5.74. The van der Waals surface area contributed by atoms with Crippen LogP contribution in [-0.4, -0.2) is 56.7 Å². The molecular weight excluding hydrogens is 194 g/mol. The van der Waals surface area contributed by atoms with Gasteiger partial charge in [0.25, 0.3) is 0 Å². The molecule has 2 fully saturated rings. The molecule has 1 atom stereocenters. The van der Waals surface area contributed by atoms with E-state index in [4.69, 9.17) is 14.2 Å². The van der Waals surface area contributed by atoms with Gasteiger partial charge in [-0.05, 0) is 19.9 Å². The van der Waals surface area contributed by atoms with Crippen LogP contribution in [0.3, 0.4) is 0 Å². The molecule has 2 heterocycles. The zero-order valence-electron chi connectivity index (χ0n) is 9.70. The van der Waals surface area contributed by atoms with Gasteiger partial charge in [-0.1, -0.05) is 0 Å². The summed E-state index contributed by atoms with van der Waals surface area (Å²) >= 11 is 0. The SMILES string of the molecule is COCC(C)N1CCCC2(C1)OCCO2. The van der Waals surface area contributed by atoms with Crippen LogP contribution in [0.4, 0.5) is 0 Å². The molecule has 4 heteroatoms. The van der Waals surface area contributed by atoms with Gasteiger partial charge >= 0.3 is 0 Å². The fourth-order valence-electron chi connectivity index (χ4n) is 2.47. The first-order valence-electron chi connectivity index (χ1n) is 5.77. The summed E-state index contributed by atoms with van der Waals surface area (Å²) in [5.74, 6) is -0.305. The van der Waals surface area contributed by atoms with Crippen LogP contribution in [0.1, 0.15) is 19.8 Å². The minimum atomic E-state index is -0.305. The van der Waals surface area contributed by atoms with Gasteiger partial charge in [-0.25, -0.2) is 0 Å². The first-order chi connectivity index (χ1) is 7.26. The molecule has 2 rings (SSSR count). The Bertz CT molecular complexity index is 204. The lowest BCUT2D eigenvalue weighted by atomic mass is 10.0. The maximum Gasteiger partial charge on any atom is 0.181 e. The van der Waals surface area contributed by atoms with Gasteiger partial charge in [0.05, 0.1) is 26.4 Å². The minimum Gasteiger partial charge on any atom is -0.383 e. The summed E-state index contributed by atoms with van der Waals surface area (Å²) in [5, 5.41) is 0. The number of hydrogen-bond acceptors (Lipinski definition) is 4. The average Bonchev–Trinajstić information content (AvgIpc) is 2.67. The fourth-order valence-corrected chi connectivity index (χ4v) is 2.47. The van der Waals surface area contributed by atoms with Crippen LogP contribution in [-0.2, 0) is 14.2 Å². The molecule has 4 nitrogen and oxygen atoms in total. The van der Waals surface area contributed by atoms with Crippen LogP contribution >= 0.6 is 0 Å². The molecule has 1 spiro atoms. The molecule has 2 saturated heterocycles. The summed E-state index contributed by atoms with van der Waals surface area (Å²) in [6, 6.07) is 0.444. The lowest BCUT2D eigenvalue weighted by Gasteiger charge is -2.41. The Labute approximate surface area is 91.5 Å². The highest BCUT2D eigenvalue weighted by Gasteiger charge is 2.41. The summed E-state index contributed by atoms with van der Waals surface area (Å²) in [6.45, 7) is 6.46. The Morgan fingerprint density at radius 1 is 1.40 bits per heavy atom. The van der Waals surface area contributed by atoms with Crippen LogP contribution in [0.25, 0.3) is 0 Å². The summed E-state index contributed by atoms with van der Waals surface area (Å²) in [6.07, 6.45) is 2.18. The van der Waals surface area contributed by atoms with Gasteiger partial charge in [0.1, 0.15) is 0 Å². The van der Waals surface area contributed by atoms with Crippen molar-refractivity contribution >= 4 is 0 Å². The number of methoxy groups -OCH3 is 1. The van der Waals surface area contributed by atoms with E-state index in [-0.39, 0.29) is 5.79 Å². The van der Waals surface area contributed by atoms with Crippen molar-refractivity contribution < 1.29 is 14.2 Å². The minimum absolute atomic E-state index is 0.305. The van der Waals surface area contributed by atoms with Crippen molar-refractivity contribution in [1.29, 1.82) is 0 Å². The van der Waals surface area contributed by atoms with Crippen molar-refractivity contribution in [2.24, 2.45) is 0 Å². The zero-order valence-corrected chi connectivity index (χ0v) is 9.70. The maximum atomic E-state index is 5.74. The molecule has 0 aliphatic carbocycles. The largest absolute Gasteiger partial charge is 0.383 e. The number of piperidine rings is 1. The number of hydrogen-bond donors (Lipinski definition) is 0. The number of rotatable bonds is 3. The quantitative estimate of drug-likeness (QED) is 0.698. The van der Waals surface area contributed by atoms with E-state index in [0.29, 0.717) is 6.04 Å². The predicted molar refractivity (Wildman–Crippen MR) is 56.8 cm³/mol. The van der Waals surface area contributed by atoms with E-state index < -0.39 is 0 Å². The highest BCUT2D eigenvalue weighted by Crippen LogP contribution is 2.30. The van der Waals surface area contributed by atoms with E-state index in [1.165, 1.54) is 0 Å². The molecule has 1 unspecified atom stereocenters. The number of likely N-dealkylation sites (tertiary alicyclic amines) is 1. The Kier molecular flexibility index (Phi) is 3.61. The molecule has 0 aromatic rings. The monoisotopic (exact) mass is 215 g/mol. The predicted octanol–water partition coefficient (Wildman–Crippen LogP) is 0.860. The van der Waals surface area contributed by atoms with E-state index in [2.05, 4.69) is 11.8 Å². The Balaban J connectivity index is 1.91. The normalized spacial score (nSPS) is 28.4. The van der Waals surface area contributed by atoms with E-state index in [0.717, 1.165) is 45.8 Å². The highest BCUT2D eigenvalue weighted by molar-refractivity contribution is 4.85. The van der Waals surface area contributed by atoms with Crippen molar-refractivity contribution in [1.82, 2.24) is 4.90 Å². The summed E-state index contributed by atoms with van der Waals surface area (Å²) < 4.78 is 16.7. The van der Waals surface area contributed by atoms with Crippen molar-refractivity contribution in [3.05, 3.63) is 0 Å². The average molecular weight is 215 g/mol. The Morgan fingerprint density at radius 2 is 2.13 bits per heavy atom. The first kappa shape index (κ1) is 11.3. The lowest BCUT2D eigenvalue weighted by molar-refractivity contribution is -0.194. The standard InChI is InChI=1S/C11H21NO3/c1-10(8-13-2)12-5-3-4-11(9-12)14-6-7-15-11/h10H,3-9H2,1-2H3. The van der Waals surface area contributed by atoms with Crippen molar-refractivity contribution in [3.8, 4) is 0 Å². The molecule has 0 N–H and O–H groups in total. The molecule has 0 amide bonds. The smallest absolute Gasteiger partial charge is 0.181 e. The second-order valence-corrected chi connectivity index (χ2v) is 4.49. The van der Waals surface area contributed by atoms with Crippen molar-refractivity contribution in [2.75, 3.05) is 40.0 Å². The summed E-state index contributed by atoms with van der Waals surface area (Å²) in [7, 11) is 1.75. The van der Waals surface area contributed by atoms with Gasteiger partial charge in [0, 0.05) is 19.6 Å². The zero-order chi connectivity index (χ0) is 10.7. The molecule has 15 heavy (non-hydrogen) atoms. The van der Waals surface area contributed by atoms with Crippen molar-refractivity contribution in [3.63, 3.8) is 0 Å². The van der Waals surface area contributed by atoms with Gasteiger partial charge in [0.15, 0.2) is 5.79 Å². The molecule has 0 aromatic carbocycles. The topological polar surface area (TPSA) is 30.9 Å². The van der Waals surface area contributed by atoms with E-state index in [1.807, 2.05) is 0 Å². The van der Waals surface area contributed by atoms with Crippen molar-refractivity contribution in [2.45, 2.75) is 31.6 Å². The Morgan fingerprint density at radius 3 is 2.80 bits per heavy atom. The Hall–Kier alpha value is -0.160. The first-order valence-corrected chi connectivity index (χ1v) is 5.77.